The third-order valence-corrected chi connectivity index (χ3v) is 3.09. The lowest BCUT2D eigenvalue weighted by Gasteiger charge is -2.22. The summed E-state index contributed by atoms with van der Waals surface area (Å²) < 4.78 is 1.67. The Morgan fingerprint density at radius 2 is 2.00 bits per heavy atom. The second-order valence-electron chi connectivity index (χ2n) is 4.88. The highest BCUT2D eigenvalue weighted by molar-refractivity contribution is 6.05. The van der Waals surface area contributed by atoms with Gasteiger partial charge in [0.25, 0.3) is 5.91 Å². The Morgan fingerprint density at radius 3 is 2.55 bits per heavy atom. The van der Waals surface area contributed by atoms with Crippen LogP contribution in [0.5, 0.6) is 0 Å². The molecular weight excluding hydrogens is 252 g/mol. The third kappa shape index (κ3) is 2.66. The van der Waals surface area contributed by atoms with Crippen LogP contribution in [-0.4, -0.2) is 22.2 Å². The highest BCUT2D eigenvalue weighted by Crippen LogP contribution is 2.19. The van der Waals surface area contributed by atoms with Crippen LogP contribution in [0.1, 0.15) is 37.3 Å². The van der Waals surface area contributed by atoms with E-state index in [9.17, 15) is 4.79 Å². The van der Waals surface area contributed by atoms with E-state index in [4.69, 9.17) is 5.73 Å². The lowest BCUT2D eigenvalue weighted by atomic mass is 10.2. The number of rotatable bonds is 4. The topological polar surface area (TPSA) is 64.2 Å². The van der Waals surface area contributed by atoms with Crippen molar-refractivity contribution in [2.75, 3.05) is 17.2 Å². The van der Waals surface area contributed by atoms with Gasteiger partial charge >= 0.3 is 0 Å². The highest BCUT2D eigenvalue weighted by Gasteiger charge is 2.22. The number of anilines is 2. The lowest BCUT2D eigenvalue weighted by Crippen LogP contribution is -2.32. The zero-order valence-corrected chi connectivity index (χ0v) is 12.1. The maximum absolute atomic E-state index is 12.7. The summed E-state index contributed by atoms with van der Waals surface area (Å²) in [4.78, 5) is 14.4. The number of carbonyl (C=O) groups excluding carboxylic acids is 1. The van der Waals surface area contributed by atoms with Crippen LogP contribution in [0.15, 0.2) is 36.4 Å². The van der Waals surface area contributed by atoms with Crippen molar-refractivity contribution in [2.45, 2.75) is 26.8 Å². The monoisotopic (exact) mass is 272 g/mol. The number of nitrogens with zero attached hydrogens (tertiary/aromatic N) is 3. The maximum atomic E-state index is 12.7. The Labute approximate surface area is 119 Å². The summed E-state index contributed by atoms with van der Waals surface area (Å²) in [6, 6.07) is 11.3. The first-order chi connectivity index (χ1) is 9.54. The molecule has 0 radical (unpaired) electrons. The third-order valence-electron chi connectivity index (χ3n) is 3.09. The van der Waals surface area contributed by atoms with Crippen LogP contribution in [0, 0.1) is 0 Å². The van der Waals surface area contributed by atoms with Crippen molar-refractivity contribution in [1.82, 2.24) is 9.78 Å². The van der Waals surface area contributed by atoms with Crippen LogP contribution in [-0.2, 0) is 0 Å². The van der Waals surface area contributed by atoms with Gasteiger partial charge < -0.3 is 10.6 Å². The molecule has 1 aromatic heterocycles. The molecule has 2 N–H and O–H groups in total. The van der Waals surface area contributed by atoms with Gasteiger partial charge in [-0.25, -0.2) is 0 Å². The smallest absolute Gasteiger partial charge is 0.276 e. The van der Waals surface area contributed by atoms with Crippen LogP contribution < -0.4 is 10.6 Å². The molecule has 5 nitrogen and oxygen atoms in total. The molecule has 0 saturated carbocycles. The van der Waals surface area contributed by atoms with E-state index in [-0.39, 0.29) is 11.9 Å². The standard InChI is InChI=1S/C15H20N4O/c1-4-18(12-8-6-5-7-9-12)15(20)13-10-14(16)17-19(13)11(2)3/h5-11H,4H2,1-3H3,(H2,16,17). The number of hydrogen-bond acceptors (Lipinski definition) is 3. The molecule has 0 atom stereocenters. The fourth-order valence-corrected chi connectivity index (χ4v) is 2.16. The van der Waals surface area contributed by atoms with Gasteiger partial charge in [-0.15, -0.1) is 0 Å². The Kier molecular flexibility index (Phi) is 4.08. The first-order valence-electron chi connectivity index (χ1n) is 6.76. The predicted octanol–water partition coefficient (Wildman–Crippen LogP) is 2.71. The molecule has 0 unspecified atom stereocenters. The van der Waals surface area contributed by atoms with E-state index in [0.717, 1.165) is 5.69 Å². The fourth-order valence-electron chi connectivity index (χ4n) is 2.16. The van der Waals surface area contributed by atoms with Crippen LogP contribution in [0.4, 0.5) is 11.5 Å². The number of aromatic nitrogens is 2. The van der Waals surface area contributed by atoms with Crippen molar-refractivity contribution in [3.8, 4) is 0 Å². The summed E-state index contributed by atoms with van der Waals surface area (Å²) in [7, 11) is 0. The van der Waals surface area contributed by atoms with Gasteiger partial charge in [-0.05, 0) is 32.9 Å². The number of benzene rings is 1. The number of hydrogen-bond donors (Lipinski definition) is 1. The van der Waals surface area contributed by atoms with Gasteiger partial charge in [0.05, 0.1) is 0 Å². The fraction of sp³-hybridized carbons (Fsp3) is 0.333. The number of carbonyl (C=O) groups is 1. The van der Waals surface area contributed by atoms with Crippen molar-refractivity contribution in [2.24, 2.45) is 0 Å². The molecule has 0 fully saturated rings. The summed E-state index contributed by atoms with van der Waals surface area (Å²) in [5.41, 5.74) is 7.12. The van der Waals surface area contributed by atoms with E-state index < -0.39 is 0 Å². The molecule has 2 aromatic rings. The van der Waals surface area contributed by atoms with E-state index in [1.807, 2.05) is 51.1 Å². The van der Waals surface area contributed by atoms with E-state index >= 15 is 0 Å². The molecule has 1 amide bonds. The van der Waals surface area contributed by atoms with Crippen molar-refractivity contribution in [3.05, 3.63) is 42.1 Å². The Morgan fingerprint density at radius 1 is 1.35 bits per heavy atom. The van der Waals surface area contributed by atoms with Gasteiger partial charge in [-0.1, -0.05) is 18.2 Å². The summed E-state index contributed by atoms with van der Waals surface area (Å²) in [6.07, 6.45) is 0. The van der Waals surface area contributed by atoms with E-state index in [1.54, 1.807) is 15.6 Å². The largest absolute Gasteiger partial charge is 0.382 e. The van der Waals surface area contributed by atoms with Gasteiger partial charge in [-0.2, -0.15) is 5.10 Å². The molecule has 2 rings (SSSR count). The van der Waals surface area contributed by atoms with Crippen molar-refractivity contribution >= 4 is 17.4 Å². The average Bonchev–Trinajstić information content (AvgIpc) is 2.83. The zero-order chi connectivity index (χ0) is 14.7. The Hall–Kier alpha value is -2.30. The summed E-state index contributed by atoms with van der Waals surface area (Å²) >= 11 is 0. The van der Waals surface area contributed by atoms with Crippen LogP contribution in [0.3, 0.4) is 0 Å². The number of nitrogens with two attached hydrogens (primary N) is 1. The summed E-state index contributed by atoms with van der Waals surface area (Å²) in [5.74, 6) is 0.280. The first kappa shape index (κ1) is 14.1. The van der Waals surface area contributed by atoms with Gasteiger partial charge in [0.1, 0.15) is 11.5 Å². The van der Waals surface area contributed by atoms with Crippen LogP contribution in [0.25, 0.3) is 0 Å². The minimum absolute atomic E-state index is 0.0840. The molecule has 0 saturated heterocycles. The van der Waals surface area contributed by atoms with Gasteiger partial charge in [-0.3, -0.25) is 9.48 Å². The van der Waals surface area contributed by atoms with E-state index in [0.29, 0.717) is 18.1 Å². The normalized spacial score (nSPS) is 10.8. The molecule has 20 heavy (non-hydrogen) atoms. The molecule has 0 bridgehead atoms. The molecule has 1 heterocycles. The predicted molar refractivity (Wildman–Crippen MR) is 80.8 cm³/mol. The second kappa shape index (κ2) is 5.77. The average molecular weight is 272 g/mol. The quantitative estimate of drug-likeness (QED) is 0.930. The van der Waals surface area contributed by atoms with Crippen molar-refractivity contribution in [1.29, 1.82) is 0 Å². The number of para-hydroxylation sites is 1. The van der Waals surface area contributed by atoms with Crippen molar-refractivity contribution in [3.63, 3.8) is 0 Å². The molecule has 1 aromatic carbocycles. The molecular formula is C15H20N4O. The number of amides is 1. The zero-order valence-electron chi connectivity index (χ0n) is 12.1. The minimum atomic E-state index is -0.0865. The van der Waals surface area contributed by atoms with E-state index in [1.165, 1.54) is 0 Å². The highest BCUT2D eigenvalue weighted by atomic mass is 16.2. The molecule has 106 valence electrons. The number of nitrogen functional groups attached to an aromatic ring is 1. The van der Waals surface area contributed by atoms with Crippen molar-refractivity contribution < 1.29 is 4.79 Å². The minimum Gasteiger partial charge on any atom is -0.382 e. The van der Waals surface area contributed by atoms with Gasteiger partial charge in [0, 0.05) is 24.3 Å². The molecule has 0 aliphatic carbocycles. The molecule has 0 aliphatic rings. The second-order valence-corrected chi connectivity index (χ2v) is 4.88. The lowest BCUT2D eigenvalue weighted by molar-refractivity contribution is 0.0976. The SMILES string of the molecule is CCN(C(=O)c1cc(N)nn1C(C)C)c1ccccc1. The summed E-state index contributed by atoms with van der Waals surface area (Å²) in [6.45, 7) is 6.49. The van der Waals surface area contributed by atoms with Gasteiger partial charge in [0.15, 0.2) is 0 Å². The van der Waals surface area contributed by atoms with Crippen LogP contribution in [0.2, 0.25) is 0 Å². The Bertz CT molecular complexity index is 589. The maximum Gasteiger partial charge on any atom is 0.276 e. The molecule has 5 heteroatoms. The molecule has 0 spiro atoms. The first-order valence-corrected chi connectivity index (χ1v) is 6.76. The summed E-state index contributed by atoms with van der Waals surface area (Å²) in [5, 5.41) is 4.19. The van der Waals surface area contributed by atoms with E-state index in [2.05, 4.69) is 5.10 Å². The van der Waals surface area contributed by atoms with Gasteiger partial charge in [0.2, 0.25) is 0 Å². The molecule has 0 aliphatic heterocycles. The Balaban J connectivity index is 2.39. The van der Waals surface area contributed by atoms with Crippen LogP contribution >= 0.6 is 0 Å².